The fourth-order valence-electron chi connectivity index (χ4n) is 2.20. The van der Waals surface area contributed by atoms with Gasteiger partial charge >= 0.3 is 0 Å². The molecule has 0 aromatic heterocycles. The maximum Gasteiger partial charge on any atom is 0.233 e. The molecular weight excluding hydrogens is 302 g/mol. The Morgan fingerprint density at radius 2 is 1.43 bits per heavy atom. The topological polar surface area (TPSA) is 58.2 Å². The van der Waals surface area contributed by atoms with Crippen LogP contribution >= 0.6 is 0 Å². The van der Waals surface area contributed by atoms with E-state index in [2.05, 4.69) is 10.6 Å². The zero-order chi connectivity index (χ0) is 17.0. The number of carbonyl (C=O) groups excluding carboxylic acids is 2. The smallest absolute Gasteiger partial charge is 0.233 e. The zero-order valence-electron chi connectivity index (χ0n) is 12.7. The number of anilines is 2. The number of carbonyl (C=O) groups is 2. The predicted octanol–water partition coefficient (Wildman–Crippen LogP) is 3.55. The summed E-state index contributed by atoms with van der Waals surface area (Å²) in [6.07, 6.45) is -0.541. The van der Waals surface area contributed by atoms with Gasteiger partial charge in [0.25, 0.3) is 0 Å². The number of para-hydroxylation sites is 1. The lowest BCUT2D eigenvalue weighted by Gasteiger charge is -2.09. The zero-order valence-corrected chi connectivity index (χ0v) is 12.7. The van der Waals surface area contributed by atoms with Crippen molar-refractivity contribution in [3.63, 3.8) is 0 Å². The minimum absolute atomic E-state index is 0.541. The fourth-order valence-corrected chi connectivity index (χ4v) is 2.20. The van der Waals surface area contributed by atoms with Crippen LogP contribution < -0.4 is 10.6 Å². The van der Waals surface area contributed by atoms with Crippen LogP contribution in [0.2, 0.25) is 0 Å². The third-order valence-electron chi connectivity index (χ3n) is 3.05. The van der Waals surface area contributed by atoms with Gasteiger partial charge in [0.05, 0.1) is 0 Å². The lowest BCUT2D eigenvalue weighted by molar-refractivity contribution is -0.123. The van der Waals surface area contributed by atoms with Crippen molar-refractivity contribution in [3.05, 3.63) is 59.2 Å². The normalized spacial score (nSPS) is 10.3. The van der Waals surface area contributed by atoms with Gasteiger partial charge in [0.15, 0.2) is 0 Å². The van der Waals surface area contributed by atoms with Gasteiger partial charge in [0, 0.05) is 5.69 Å². The molecule has 2 amide bonds. The second kappa shape index (κ2) is 7.00. The summed E-state index contributed by atoms with van der Waals surface area (Å²) in [7, 11) is 0. The number of hydrogen-bond donors (Lipinski definition) is 2. The first kappa shape index (κ1) is 16.6. The molecule has 0 heterocycles. The standard InChI is InChI=1S/C17H16F2N2O2/c1-10-6-11(2)8-12(7-10)20-15(22)9-16(23)21-17-13(18)4-3-5-14(17)19/h3-8H,9H2,1-2H3,(H,20,22)(H,21,23). The average Bonchev–Trinajstić information content (AvgIpc) is 2.41. The lowest BCUT2D eigenvalue weighted by atomic mass is 10.1. The largest absolute Gasteiger partial charge is 0.326 e. The Labute approximate surface area is 132 Å². The van der Waals surface area contributed by atoms with Crippen LogP contribution in [-0.2, 0) is 9.59 Å². The van der Waals surface area contributed by atoms with Crippen LogP contribution in [0.1, 0.15) is 17.5 Å². The minimum Gasteiger partial charge on any atom is -0.326 e. The summed E-state index contributed by atoms with van der Waals surface area (Å²) in [5.41, 5.74) is 1.95. The van der Waals surface area contributed by atoms with Gasteiger partial charge in [0.1, 0.15) is 23.7 Å². The first-order chi connectivity index (χ1) is 10.8. The molecule has 0 aliphatic heterocycles. The number of nitrogens with one attached hydrogen (secondary N) is 2. The molecule has 0 aliphatic carbocycles. The van der Waals surface area contributed by atoms with Gasteiger partial charge in [-0.05, 0) is 49.2 Å². The Bertz CT molecular complexity index is 720. The third-order valence-corrected chi connectivity index (χ3v) is 3.05. The second-order valence-electron chi connectivity index (χ2n) is 5.25. The van der Waals surface area contributed by atoms with Gasteiger partial charge < -0.3 is 10.6 Å². The SMILES string of the molecule is Cc1cc(C)cc(NC(=O)CC(=O)Nc2c(F)cccc2F)c1. The highest BCUT2D eigenvalue weighted by Gasteiger charge is 2.15. The predicted molar refractivity (Wildman–Crippen MR) is 84.2 cm³/mol. The number of aryl methyl sites for hydroxylation is 2. The van der Waals surface area contributed by atoms with Crippen LogP contribution in [0.3, 0.4) is 0 Å². The van der Waals surface area contributed by atoms with Crippen LogP contribution in [0.15, 0.2) is 36.4 Å². The summed E-state index contributed by atoms with van der Waals surface area (Å²) in [6, 6.07) is 8.71. The molecule has 6 heteroatoms. The second-order valence-corrected chi connectivity index (χ2v) is 5.25. The van der Waals surface area contributed by atoms with E-state index in [9.17, 15) is 18.4 Å². The van der Waals surface area contributed by atoms with Crippen LogP contribution in [0, 0.1) is 25.5 Å². The highest BCUT2D eigenvalue weighted by Crippen LogP contribution is 2.18. The van der Waals surface area contributed by atoms with Crippen molar-refractivity contribution >= 4 is 23.2 Å². The molecule has 0 fully saturated rings. The first-order valence-corrected chi connectivity index (χ1v) is 6.97. The summed E-state index contributed by atoms with van der Waals surface area (Å²) in [6.45, 7) is 3.77. The van der Waals surface area contributed by atoms with Gasteiger partial charge in [-0.1, -0.05) is 12.1 Å². The van der Waals surface area contributed by atoms with Crippen LogP contribution in [0.5, 0.6) is 0 Å². The van der Waals surface area contributed by atoms with Crippen molar-refractivity contribution in [2.75, 3.05) is 10.6 Å². The summed E-state index contributed by atoms with van der Waals surface area (Å²) >= 11 is 0. The molecule has 23 heavy (non-hydrogen) atoms. The molecule has 0 saturated heterocycles. The Morgan fingerprint density at radius 3 is 2.00 bits per heavy atom. The van der Waals surface area contributed by atoms with Crippen LogP contribution in [0.4, 0.5) is 20.2 Å². The third kappa shape index (κ3) is 4.60. The Balaban J connectivity index is 1.98. The molecule has 2 aromatic carbocycles. The molecule has 2 rings (SSSR count). The minimum atomic E-state index is -0.895. The number of halogens is 2. The van der Waals surface area contributed by atoms with Gasteiger partial charge in [-0.3, -0.25) is 9.59 Å². The molecule has 0 saturated carbocycles. The van der Waals surface area contributed by atoms with E-state index in [4.69, 9.17) is 0 Å². The Hall–Kier alpha value is -2.76. The Kier molecular flexibility index (Phi) is 5.05. The van der Waals surface area contributed by atoms with Crippen molar-refractivity contribution in [3.8, 4) is 0 Å². The molecule has 0 radical (unpaired) electrons. The van der Waals surface area contributed by atoms with Crippen molar-refractivity contribution < 1.29 is 18.4 Å². The van der Waals surface area contributed by atoms with Crippen LogP contribution in [0.25, 0.3) is 0 Å². The monoisotopic (exact) mass is 318 g/mol. The van der Waals surface area contributed by atoms with E-state index in [-0.39, 0.29) is 0 Å². The quantitative estimate of drug-likeness (QED) is 0.847. The number of benzene rings is 2. The number of rotatable bonds is 4. The summed E-state index contributed by atoms with van der Waals surface area (Å²) in [4.78, 5) is 23.6. The molecule has 0 atom stereocenters. The molecular formula is C17H16F2N2O2. The van der Waals surface area contributed by atoms with Crippen molar-refractivity contribution in [2.24, 2.45) is 0 Å². The molecule has 4 nitrogen and oxygen atoms in total. The van der Waals surface area contributed by atoms with E-state index in [1.165, 1.54) is 6.07 Å². The molecule has 120 valence electrons. The van der Waals surface area contributed by atoms with E-state index in [0.29, 0.717) is 5.69 Å². The van der Waals surface area contributed by atoms with E-state index in [1.807, 2.05) is 19.9 Å². The summed E-state index contributed by atoms with van der Waals surface area (Å²) < 4.78 is 26.9. The van der Waals surface area contributed by atoms with E-state index >= 15 is 0 Å². The molecule has 0 bridgehead atoms. The van der Waals surface area contributed by atoms with Gasteiger partial charge in [0.2, 0.25) is 11.8 Å². The average molecular weight is 318 g/mol. The van der Waals surface area contributed by atoms with Crippen molar-refractivity contribution in [1.29, 1.82) is 0 Å². The van der Waals surface area contributed by atoms with Gasteiger partial charge in [-0.25, -0.2) is 8.78 Å². The highest BCUT2D eigenvalue weighted by atomic mass is 19.1. The molecule has 2 aromatic rings. The fraction of sp³-hybridized carbons (Fsp3) is 0.176. The van der Waals surface area contributed by atoms with Crippen molar-refractivity contribution in [1.82, 2.24) is 0 Å². The highest BCUT2D eigenvalue weighted by molar-refractivity contribution is 6.08. The number of amides is 2. The molecule has 0 aliphatic rings. The first-order valence-electron chi connectivity index (χ1n) is 6.97. The van der Waals surface area contributed by atoms with E-state index in [0.717, 1.165) is 23.3 Å². The Morgan fingerprint density at radius 1 is 0.913 bits per heavy atom. The molecule has 2 N–H and O–H groups in total. The van der Waals surface area contributed by atoms with E-state index < -0.39 is 35.6 Å². The van der Waals surface area contributed by atoms with Crippen molar-refractivity contribution in [2.45, 2.75) is 20.3 Å². The van der Waals surface area contributed by atoms with Gasteiger partial charge in [-0.15, -0.1) is 0 Å². The maximum atomic E-state index is 13.4. The van der Waals surface area contributed by atoms with Crippen LogP contribution in [-0.4, -0.2) is 11.8 Å². The maximum absolute atomic E-state index is 13.4. The van der Waals surface area contributed by atoms with Gasteiger partial charge in [-0.2, -0.15) is 0 Å². The lowest BCUT2D eigenvalue weighted by Crippen LogP contribution is -2.22. The molecule has 0 unspecified atom stereocenters. The van der Waals surface area contributed by atoms with E-state index in [1.54, 1.807) is 12.1 Å². The summed E-state index contributed by atoms with van der Waals surface area (Å²) in [5, 5.41) is 4.65. The number of hydrogen-bond acceptors (Lipinski definition) is 2. The summed E-state index contributed by atoms with van der Waals surface area (Å²) in [5.74, 6) is -3.15. The molecule has 0 spiro atoms.